The lowest BCUT2D eigenvalue weighted by Gasteiger charge is -2.23. The first-order valence-electron chi connectivity index (χ1n) is 8.67. The zero-order valence-corrected chi connectivity index (χ0v) is 16.6. The highest BCUT2D eigenvalue weighted by Crippen LogP contribution is 2.26. The Labute approximate surface area is 165 Å². The minimum atomic E-state index is -3.71. The summed E-state index contributed by atoms with van der Waals surface area (Å²) in [4.78, 5) is 4.52. The highest BCUT2D eigenvalue weighted by Gasteiger charge is 2.27. The van der Waals surface area contributed by atoms with Crippen molar-refractivity contribution in [1.29, 1.82) is 0 Å². The second-order valence-corrected chi connectivity index (χ2v) is 8.57. The van der Waals surface area contributed by atoms with Crippen LogP contribution >= 0.6 is 11.6 Å². The van der Waals surface area contributed by atoms with Crippen LogP contribution in [0.25, 0.3) is 0 Å². The molecule has 0 saturated heterocycles. The fourth-order valence-electron chi connectivity index (χ4n) is 2.86. The summed E-state index contributed by atoms with van der Waals surface area (Å²) in [5, 5.41) is 0.442. The average Bonchev–Trinajstić information content (AvgIpc) is 2.68. The topological polar surface area (TPSA) is 50.3 Å². The molecule has 1 aromatic heterocycles. The molecule has 4 nitrogen and oxygen atoms in total. The smallest absolute Gasteiger partial charge is 0.243 e. The van der Waals surface area contributed by atoms with Crippen molar-refractivity contribution in [2.75, 3.05) is 6.54 Å². The Hall–Kier alpha value is -2.21. The van der Waals surface area contributed by atoms with Crippen LogP contribution in [0.4, 0.5) is 0 Å². The standard InChI is InChI=1S/C21H21ClN2O2S/c1-17-20(22)11-7-12-21(17)27(25,26)24(16-19-10-5-6-14-23-19)15-13-18-8-3-2-4-9-18/h2-12,14H,13,15-16H2,1H3. The highest BCUT2D eigenvalue weighted by atomic mass is 35.5. The van der Waals surface area contributed by atoms with Crippen LogP contribution in [0, 0.1) is 6.92 Å². The van der Waals surface area contributed by atoms with Crippen LogP contribution < -0.4 is 0 Å². The Morgan fingerprint density at radius 1 is 0.963 bits per heavy atom. The van der Waals surface area contributed by atoms with Crippen molar-refractivity contribution in [1.82, 2.24) is 9.29 Å². The highest BCUT2D eigenvalue weighted by molar-refractivity contribution is 7.89. The molecule has 0 aliphatic carbocycles. The Morgan fingerprint density at radius 3 is 2.41 bits per heavy atom. The number of nitrogens with zero attached hydrogens (tertiary/aromatic N) is 2. The predicted molar refractivity (Wildman–Crippen MR) is 108 cm³/mol. The summed E-state index contributed by atoms with van der Waals surface area (Å²) in [6.45, 7) is 2.29. The van der Waals surface area contributed by atoms with Gasteiger partial charge in [0.15, 0.2) is 0 Å². The molecule has 1 heterocycles. The van der Waals surface area contributed by atoms with Gasteiger partial charge in [0.2, 0.25) is 10.0 Å². The Balaban J connectivity index is 1.93. The Morgan fingerprint density at radius 2 is 1.70 bits per heavy atom. The van der Waals surface area contributed by atoms with Crippen LogP contribution in [0.5, 0.6) is 0 Å². The molecule has 0 aliphatic rings. The van der Waals surface area contributed by atoms with E-state index in [0.717, 1.165) is 5.56 Å². The second-order valence-electron chi connectivity index (χ2n) is 6.26. The minimum Gasteiger partial charge on any atom is -0.260 e. The van der Waals surface area contributed by atoms with Crippen LogP contribution in [0.3, 0.4) is 0 Å². The molecule has 0 amide bonds. The van der Waals surface area contributed by atoms with Crippen molar-refractivity contribution in [2.24, 2.45) is 0 Å². The summed E-state index contributed by atoms with van der Waals surface area (Å²) in [6.07, 6.45) is 2.29. The molecule has 0 fully saturated rings. The summed E-state index contributed by atoms with van der Waals surface area (Å²) in [6, 6.07) is 20.3. The molecule has 0 bridgehead atoms. The molecule has 3 aromatic rings. The van der Waals surface area contributed by atoms with Gasteiger partial charge in [-0.1, -0.05) is 54.1 Å². The number of aromatic nitrogens is 1. The van der Waals surface area contributed by atoms with Crippen molar-refractivity contribution < 1.29 is 8.42 Å². The van der Waals surface area contributed by atoms with Crippen molar-refractivity contribution in [3.63, 3.8) is 0 Å². The zero-order valence-electron chi connectivity index (χ0n) is 15.0. The summed E-state index contributed by atoms with van der Waals surface area (Å²) >= 11 is 6.16. The van der Waals surface area contributed by atoms with Gasteiger partial charge in [-0.3, -0.25) is 4.98 Å². The van der Waals surface area contributed by atoms with Crippen molar-refractivity contribution in [3.05, 3.63) is 94.8 Å². The van der Waals surface area contributed by atoms with E-state index < -0.39 is 10.0 Å². The third-order valence-electron chi connectivity index (χ3n) is 4.39. The molecule has 6 heteroatoms. The molecule has 0 saturated carbocycles. The van der Waals surface area contributed by atoms with Gasteiger partial charge in [0.25, 0.3) is 0 Å². The molecule has 2 aromatic carbocycles. The van der Waals surface area contributed by atoms with E-state index in [1.165, 1.54) is 4.31 Å². The first-order chi connectivity index (χ1) is 13.0. The summed E-state index contributed by atoms with van der Waals surface area (Å²) in [5.41, 5.74) is 2.35. The quantitative estimate of drug-likeness (QED) is 0.587. The number of pyridine rings is 1. The van der Waals surface area contributed by atoms with Gasteiger partial charge >= 0.3 is 0 Å². The second kappa shape index (κ2) is 8.65. The number of rotatable bonds is 7. The average molecular weight is 401 g/mol. The minimum absolute atomic E-state index is 0.210. The van der Waals surface area contributed by atoms with Crippen LogP contribution in [0.2, 0.25) is 5.02 Å². The third kappa shape index (κ3) is 4.75. The molecule has 140 valence electrons. The van der Waals surface area contributed by atoms with Crippen molar-refractivity contribution in [2.45, 2.75) is 24.8 Å². The van der Waals surface area contributed by atoms with Crippen LogP contribution in [-0.4, -0.2) is 24.3 Å². The van der Waals surface area contributed by atoms with Gasteiger partial charge in [0, 0.05) is 17.8 Å². The van der Waals surface area contributed by atoms with Crippen LogP contribution in [0.1, 0.15) is 16.8 Å². The summed E-state index contributed by atoms with van der Waals surface area (Å²) < 4.78 is 28.2. The Bertz CT molecular complexity index is 993. The van der Waals surface area contributed by atoms with Crippen molar-refractivity contribution >= 4 is 21.6 Å². The molecule has 3 rings (SSSR count). The molecule has 0 aliphatic heterocycles. The monoisotopic (exact) mass is 400 g/mol. The van der Waals surface area contributed by atoms with E-state index in [9.17, 15) is 8.42 Å². The molecular formula is C21H21ClN2O2S. The third-order valence-corrected chi connectivity index (χ3v) is 6.79. The van der Waals surface area contributed by atoms with Gasteiger partial charge in [-0.25, -0.2) is 8.42 Å². The van der Waals surface area contributed by atoms with E-state index in [1.54, 1.807) is 31.3 Å². The van der Waals surface area contributed by atoms with E-state index in [1.807, 2.05) is 48.5 Å². The first kappa shape index (κ1) is 19.5. The Kier molecular flexibility index (Phi) is 6.26. The fourth-order valence-corrected chi connectivity index (χ4v) is 4.75. The van der Waals surface area contributed by atoms with E-state index in [-0.39, 0.29) is 11.4 Å². The molecule has 0 unspecified atom stereocenters. The van der Waals surface area contributed by atoms with Gasteiger partial charge in [-0.15, -0.1) is 0 Å². The van der Waals surface area contributed by atoms with Gasteiger partial charge in [-0.2, -0.15) is 4.31 Å². The SMILES string of the molecule is Cc1c(Cl)cccc1S(=O)(=O)N(CCc1ccccc1)Cc1ccccn1. The lowest BCUT2D eigenvalue weighted by Crippen LogP contribution is -2.33. The molecular weight excluding hydrogens is 380 g/mol. The van der Waals surface area contributed by atoms with E-state index in [2.05, 4.69) is 4.98 Å². The molecule has 0 atom stereocenters. The van der Waals surface area contributed by atoms with E-state index in [4.69, 9.17) is 11.6 Å². The van der Waals surface area contributed by atoms with Gasteiger partial charge < -0.3 is 0 Å². The van der Waals surface area contributed by atoms with E-state index in [0.29, 0.717) is 29.2 Å². The maximum absolute atomic E-state index is 13.4. The zero-order chi connectivity index (χ0) is 19.3. The van der Waals surface area contributed by atoms with E-state index >= 15 is 0 Å². The van der Waals surface area contributed by atoms with Gasteiger partial charge in [0.1, 0.15) is 0 Å². The number of hydrogen-bond donors (Lipinski definition) is 0. The number of sulfonamides is 1. The fraction of sp³-hybridized carbons (Fsp3) is 0.190. The number of hydrogen-bond acceptors (Lipinski definition) is 3. The first-order valence-corrected chi connectivity index (χ1v) is 10.5. The summed E-state index contributed by atoms with van der Waals surface area (Å²) in [7, 11) is -3.71. The van der Waals surface area contributed by atoms with Crippen LogP contribution in [0.15, 0.2) is 77.8 Å². The van der Waals surface area contributed by atoms with Crippen molar-refractivity contribution in [3.8, 4) is 0 Å². The number of benzene rings is 2. The van der Waals surface area contributed by atoms with Gasteiger partial charge in [-0.05, 0) is 48.7 Å². The normalized spacial score (nSPS) is 11.7. The number of halogens is 1. The lowest BCUT2D eigenvalue weighted by molar-refractivity contribution is 0.405. The molecule has 0 radical (unpaired) electrons. The lowest BCUT2D eigenvalue weighted by atomic mass is 10.1. The summed E-state index contributed by atoms with van der Waals surface area (Å²) in [5.74, 6) is 0. The largest absolute Gasteiger partial charge is 0.260 e. The predicted octanol–water partition coefficient (Wildman–Crippen LogP) is 4.48. The maximum Gasteiger partial charge on any atom is 0.243 e. The molecule has 0 spiro atoms. The molecule has 27 heavy (non-hydrogen) atoms. The van der Waals surface area contributed by atoms with Crippen LogP contribution in [-0.2, 0) is 23.0 Å². The molecule has 0 N–H and O–H groups in total. The maximum atomic E-state index is 13.4. The van der Waals surface area contributed by atoms with Gasteiger partial charge in [0.05, 0.1) is 17.1 Å².